The van der Waals surface area contributed by atoms with E-state index in [2.05, 4.69) is 31.0 Å². The van der Waals surface area contributed by atoms with Crippen molar-refractivity contribution in [3.05, 3.63) is 53.7 Å². The van der Waals surface area contributed by atoms with Gasteiger partial charge >= 0.3 is 0 Å². The quantitative estimate of drug-likeness (QED) is 0.843. The number of aromatic nitrogens is 1. The van der Waals surface area contributed by atoms with Gasteiger partial charge in [0.15, 0.2) is 0 Å². The lowest BCUT2D eigenvalue weighted by Gasteiger charge is -2.10. The number of hydrogen-bond acceptors (Lipinski definition) is 3. The molecule has 1 aromatic carbocycles. The van der Waals surface area contributed by atoms with E-state index in [1.807, 2.05) is 18.2 Å². The fourth-order valence-corrected chi connectivity index (χ4v) is 1.94. The molecular formula is C16H18N2OS. The van der Waals surface area contributed by atoms with E-state index in [1.165, 1.54) is 5.56 Å². The van der Waals surface area contributed by atoms with E-state index in [9.17, 15) is 0 Å². The highest BCUT2D eigenvalue weighted by atomic mass is 32.1. The summed E-state index contributed by atoms with van der Waals surface area (Å²) in [5.74, 6) is 1.80. The van der Waals surface area contributed by atoms with Crippen LogP contribution in [0.15, 0.2) is 42.5 Å². The molecule has 104 valence electrons. The molecule has 0 bridgehead atoms. The van der Waals surface area contributed by atoms with E-state index in [4.69, 9.17) is 22.7 Å². The van der Waals surface area contributed by atoms with Gasteiger partial charge in [0.1, 0.15) is 16.4 Å². The van der Waals surface area contributed by atoms with Gasteiger partial charge in [0, 0.05) is 6.07 Å². The first-order valence-corrected chi connectivity index (χ1v) is 7.05. The fourth-order valence-electron chi connectivity index (χ4n) is 1.83. The van der Waals surface area contributed by atoms with Crippen LogP contribution in [0.5, 0.6) is 11.6 Å². The smallest absolute Gasteiger partial charge is 0.219 e. The van der Waals surface area contributed by atoms with E-state index < -0.39 is 0 Å². The lowest BCUT2D eigenvalue weighted by molar-refractivity contribution is 0.462. The molecule has 1 aromatic heterocycles. The van der Waals surface area contributed by atoms with Crippen LogP contribution in [0.25, 0.3) is 0 Å². The van der Waals surface area contributed by atoms with Crippen LogP contribution in [0, 0.1) is 0 Å². The molecule has 2 N–H and O–H groups in total. The number of nitrogens with zero attached hydrogens (tertiary/aromatic N) is 1. The molecule has 0 aliphatic heterocycles. The normalized spacial score (nSPS) is 11.9. The lowest BCUT2D eigenvalue weighted by atomic mass is 9.99. The maximum atomic E-state index is 5.71. The molecule has 0 amide bonds. The first kappa shape index (κ1) is 14.5. The SMILES string of the molecule is CCC(C)c1ccc(Oc2cccc(C(N)=S)n2)cc1. The number of thiocarbonyl (C=S) groups is 1. The van der Waals surface area contributed by atoms with E-state index in [-0.39, 0.29) is 4.99 Å². The van der Waals surface area contributed by atoms with Crippen molar-refractivity contribution in [3.8, 4) is 11.6 Å². The maximum absolute atomic E-state index is 5.71. The molecule has 0 radical (unpaired) electrons. The average molecular weight is 286 g/mol. The predicted octanol–water partition coefficient (Wildman–Crippen LogP) is 4.02. The van der Waals surface area contributed by atoms with Gasteiger partial charge in [-0.3, -0.25) is 0 Å². The molecule has 0 saturated carbocycles. The van der Waals surface area contributed by atoms with Crippen molar-refractivity contribution in [3.63, 3.8) is 0 Å². The lowest BCUT2D eigenvalue weighted by Crippen LogP contribution is -2.11. The Balaban J connectivity index is 2.14. The van der Waals surface area contributed by atoms with Gasteiger partial charge in [-0.05, 0) is 36.1 Å². The third kappa shape index (κ3) is 3.54. The minimum absolute atomic E-state index is 0.266. The van der Waals surface area contributed by atoms with Crippen LogP contribution in [0.2, 0.25) is 0 Å². The summed E-state index contributed by atoms with van der Waals surface area (Å²) in [6.45, 7) is 4.39. The Morgan fingerprint density at radius 1 is 1.25 bits per heavy atom. The van der Waals surface area contributed by atoms with Gasteiger partial charge in [0.2, 0.25) is 5.88 Å². The number of pyridine rings is 1. The van der Waals surface area contributed by atoms with Crippen molar-refractivity contribution >= 4 is 17.2 Å². The molecule has 1 unspecified atom stereocenters. The molecule has 0 aliphatic rings. The molecule has 0 saturated heterocycles. The van der Waals surface area contributed by atoms with Crippen LogP contribution in [-0.4, -0.2) is 9.97 Å². The summed E-state index contributed by atoms with van der Waals surface area (Å²) >= 11 is 4.91. The van der Waals surface area contributed by atoms with Gasteiger partial charge in [0.05, 0.1) is 0 Å². The molecule has 3 nitrogen and oxygen atoms in total. The average Bonchev–Trinajstić information content (AvgIpc) is 2.47. The van der Waals surface area contributed by atoms with E-state index >= 15 is 0 Å². The van der Waals surface area contributed by atoms with Crippen molar-refractivity contribution in [2.75, 3.05) is 0 Å². The van der Waals surface area contributed by atoms with Gasteiger partial charge in [-0.25, -0.2) is 4.98 Å². The summed E-state index contributed by atoms with van der Waals surface area (Å²) < 4.78 is 5.71. The van der Waals surface area contributed by atoms with E-state index in [0.29, 0.717) is 17.5 Å². The Morgan fingerprint density at radius 3 is 2.55 bits per heavy atom. The number of hydrogen-bond donors (Lipinski definition) is 1. The van der Waals surface area contributed by atoms with Gasteiger partial charge in [-0.2, -0.15) is 0 Å². The minimum Gasteiger partial charge on any atom is -0.439 e. The molecule has 1 atom stereocenters. The second-order valence-corrected chi connectivity index (χ2v) is 5.15. The summed E-state index contributed by atoms with van der Waals surface area (Å²) in [5.41, 5.74) is 7.43. The topological polar surface area (TPSA) is 48.1 Å². The zero-order valence-electron chi connectivity index (χ0n) is 11.7. The number of nitrogens with two attached hydrogens (primary N) is 1. The zero-order valence-corrected chi connectivity index (χ0v) is 12.5. The first-order valence-electron chi connectivity index (χ1n) is 6.65. The monoisotopic (exact) mass is 286 g/mol. The summed E-state index contributed by atoms with van der Waals surface area (Å²) in [5, 5.41) is 0. The standard InChI is InChI=1S/C16H18N2OS/c1-3-11(2)12-7-9-13(10-8-12)19-15-6-4-5-14(18-15)16(17)20/h4-11H,3H2,1-2H3,(H2,17,20). The molecule has 1 heterocycles. The number of rotatable bonds is 5. The Labute approximate surface area is 124 Å². The number of benzene rings is 1. The second kappa shape index (κ2) is 6.48. The molecule has 2 aromatic rings. The maximum Gasteiger partial charge on any atom is 0.219 e. The van der Waals surface area contributed by atoms with Crippen molar-refractivity contribution < 1.29 is 4.74 Å². The molecule has 0 fully saturated rings. The minimum atomic E-state index is 0.266. The van der Waals surface area contributed by atoms with Gasteiger partial charge in [-0.15, -0.1) is 0 Å². The Bertz CT molecular complexity index is 596. The Hall–Kier alpha value is -1.94. The van der Waals surface area contributed by atoms with Crippen LogP contribution in [0.3, 0.4) is 0 Å². The van der Waals surface area contributed by atoms with Crippen molar-refractivity contribution in [2.24, 2.45) is 5.73 Å². The fraction of sp³-hybridized carbons (Fsp3) is 0.250. The van der Waals surface area contributed by atoms with Crippen LogP contribution in [-0.2, 0) is 0 Å². The van der Waals surface area contributed by atoms with Gasteiger partial charge in [0.25, 0.3) is 0 Å². The van der Waals surface area contributed by atoms with Crippen LogP contribution in [0.1, 0.15) is 37.4 Å². The number of ether oxygens (including phenoxy) is 1. The molecule has 0 aliphatic carbocycles. The zero-order chi connectivity index (χ0) is 14.5. The summed E-state index contributed by atoms with van der Waals surface area (Å²) in [7, 11) is 0. The molecule has 4 heteroatoms. The van der Waals surface area contributed by atoms with E-state index in [1.54, 1.807) is 12.1 Å². The molecule has 0 spiro atoms. The second-order valence-electron chi connectivity index (χ2n) is 4.71. The van der Waals surface area contributed by atoms with Crippen LogP contribution >= 0.6 is 12.2 Å². The first-order chi connectivity index (χ1) is 9.60. The van der Waals surface area contributed by atoms with Crippen molar-refractivity contribution in [2.45, 2.75) is 26.2 Å². The third-order valence-electron chi connectivity index (χ3n) is 3.26. The highest BCUT2D eigenvalue weighted by molar-refractivity contribution is 7.80. The molecule has 20 heavy (non-hydrogen) atoms. The Morgan fingerprint density at radius 2 is 1.95 bits per heavy atom. The largest absolute Gasteiger partial charge is 0.439 e. The van der Waals surface area contributed by atoms with Crippen LogP contribution in [0.4, 0.5) is 0 Å². The highest BCUT2D eigenvalue weighted by Crippen LogP contribution is 2.24. The third-order valence-corrected chi connectivity index (χ3v) is 3.47. The van der Waals surface area contributed by atoms with Crippen molar-refractivity contribution in [1.82, 2.24) is 4.98 Å². The van der Waals surface area contributed by atoms with Crippen LogP contribution < -0.4 is 10.5 Å². The predicted molar refractivity (Wildman–Crippen MR) is 85.3 cm³/mol. The highest BCUT2D eigenvalue weighted by Gasteiger charge is 2.05. The molecule has 2 rings (SSSR count). The summed E-state index contributed by atoms with van der Waals surface area (Å²) in [6, 6.07) is 13.4. The van der Waals surface area contributed by atoms with E-state index in [0.717, 1.165) is 12.2 Å². The van der Waals surface area contributed by atoms with Gasteiger partial charge in [-0.1, -0.05) is 44.3 Å². The molecular weight excluding hydrogens is 268 g/mol. The van der Waals surface area contributed by atoms with Gasteiger partial charge < -0.3 is 10.5 Å². The Kier molecular flexibility index (Phi) is 4.69. The summed E-state index contributed by atoms with van der Waals surface area (Å²) in [4.78, 5) is 4.52. The summed E-state index contributed by atoms with van der Waals surface area (Å²) in [6.07, 6.45) is 1.12. The van der Waals surface area contributed by atoms with Crippen molar-refractivity contribution in [1.29, 1.82) is 0 Å².